The van der Waals surface area contributed by atoms with Crippen LogP contribution in [0.2, 0.25) is 0 Å². The number of aromatic nitrogens is 1. The number of carboxylic acids is 1. The van der Waals surface area contributed by atoms with Gasteiger partial charge in [0.15, 0.2) is 5.13 Å². The number of thiazole rings is 1. The molecule has 0 saturated carbocycles. The molecule has 0 radical (unpaired) electrons. The topological polar surface area (TPSA) is 85.8 Å². The molecule has 1 saturated heterocycles. The highest BCUT2D eigenvalue weighted by Crippen LogP contribution is 2.10. The summed E-state index contributed by atoms with van der Waals surface area (Å²) in [6, 6.07) is 0. The van der Waals surface area contributed by atoms with Gasteiger partial charge in [-0.2, -0.15) is 0 Å². The van der Waals surface area contributed by atoms with Crippen LogP contribution in [0.15, 0.2) is 11.6 Å². The summed E-state index contributed by atoms with van der Waals surface area (Å²) in [6.07, 6.45) is 1.64. The SMILES string of the molecule is O=C(O)CN1CCN(CC(=O)Nc2nccs2)CC1. The average Bonchev–Trinajstić information content (AvgIpc) is 2.83. The molecular weight excluding hydrogens is 268 g/mol. The van der Waals surface area contributed by atoms with E-state index in [0.29, 0.717) is 37.9 Å². The first-order chi connectivity index (χ1) is 9.13. The van der Waals surface area contributed by atoms with Gasteiger partial charge in [0.05, 0.1) is 13.1 Å². The second-order valence-corrected chi connectivity index (χ2v) is 5.23. The Morgan fingerprint density at radius 3 is 2.42 bits per heavy atom. The molecule has 0 spiro atoms. The number of amides is 1. The molecule has 0 unspecified atom stereocenters. The maximum atomic E-state index is 11.7. The number of hydrogen-bond donors (Lipinski definition) is 2. The molecule has 2 N–H and O–H groups in total. The average molecular weight is 284 g/mol. The van der Waals surface area contributed by atoms with Gasteiger partial charge in [-0.15, -0.1) is 11.3 Å². The molecule has 0 atom stereocenters. The van der Waals surface area contributed by atoms with E-state index in [1.165, 1.54) is 11.3 Å². The lowest BCUT2D eigenvalue weighted by Crippen LogP contribution is -2.49. The lowest BCUT2D eigenvalue weighted by Gasteiger charge is -2.33. The molecule has 1 fully saturated rings. The van der Waals surface area contributed by atoms with E-state index in [2.05, 4.69) is 10.3 Å². The van der Waals surface area contributed by atoms with Crippen LogP contribution in [0.3, 0.4) is 0 Å². The molecule has 0 bridgehead atoms. The summed E-state index contributed by atoms with van der Waals surface area (Å²) in [6.45, 7) is 3.16. The molecule has 2 rings (SSSR count). The Kier molecular flexibility index (Phi) is 4.83. The zero-order valence-corrected chi connectivity index (χ0v) is 11.2. The van der Waals surface area contributed by atoms with Crippen LogP contribution < -0.4 is 5.32 Å². The summed E-state index contributed by atoms with van der Waals surface area (Å²) in [7, 11) is 0. The first kappa shape index (κ1) is 13.9. The number of rotatable bonds is 5. The maximum Gasteiger partial charge on any atom is 0.317 e. The van der Waals surface area contributed by atoms with Crippen LogP contribution in [0.25, 0.3) is 0 Å². The first-order valence-electron chi connectivity index (χ1n) is 5.99. The van der Waals surface area contributed by atoms with Crippen molar-refractivity contribution in [3.05, 3.63) is 11.6 Å². The number of nitrogens with zero attached hydrogens (tertiary/aromatic N) is 3. The van der Waals surface area contributed by atoms with Crippen LogP contribution in [0.1, 0.15) is 0 Å². The van der Waals surface area contributed by atoms with Crippen molar-refractivity contribution in [3.8, 4) is 0 Å². The molecule has 0 aliphatic carbocycles. The van der Waals surface area contributed by atoms with E-state index in [1.54, 1.807) is 11.6 Å². The van der Waals surface area contributed by atoms with Crippen molar-refractivity contribution in [2.75, 3.05) is 44.6 Å². The zero-order chi connectivity index (χ0) is 13.7. The quantitative estimate of drug-likeness (QED) is 0.778. The molecule has 1 aromatic rings. The van der Waals surface area contributed by atoms with Gasteiger partial charge in [0.2, 0.25) is 5.91 Å². The number of hydrogen-bond acceptors (Lipinski definition) is 6. The summed E-state index contributed by atoms with van der Waals surface area (Å²) in [5.41, 5.74) is 0. The smallest absolute Gasteiger partial charge is 0.317 e. The van der Waals surface area contributed by atoms with Crippen molar-refractivity contribution in [1.29, 1.82) is 0 Å². The standard InChI is InChI=1S/C11H16N4O3S/c16-9(13-11-12-1-6-19-11)7-14-2-4-15(5-3-14)8-10(17)18/h1,6H,2-5,7-8H2,(H,17,18)(H,12,13,16). The monoisotopic (exact) mass is 284 g/mol. The van der Waals surface area contributed by atoms with Crippen LogP contribution >= 0.6 is 11.3 Å². The van der Waals surface area contributed by atoms with E-state index in [9.17, 15) is 9.59 Å². The van der Waals surface area contributed by atoms with Crippen molar-refractivity contribution in [3.63, 3.8) is 0 Å². The first-order valence-corrected chi connectivity index (χ1v) is 6.87. The number of nitrogens with one attached hydrogen (secondary N) is 1. The normalized spacial score (nSPS) is 17.3. The number of carbonyl (C=O) groups is 2. The van der Waals surface area contributed by atoms with E-state index in [4.69, 9.17) is 5.11 Å². The maximum absolute atomic E-state index is 11.7. The van der Waals surface area contributed by atoms with Crippen LogP contribution in [-0.2, 0) is 9.59 Å². The number of piperazine rings is 1. The van der Waals surface area contributed by atoms with Crippen LogP contribution in [-0.4, -0.2) is 71.0 Å². The number of carbonyl (C=O) groups excluding carboxylic acids is 1. The third kappa shape index (κ3) is 4.58. The molecule has 1 aliphatic heterocycles. The molecule has 1 aliphatic rings. The number of anilines is 1. The second-order valence-electron chi connectivity index (χ2n) is 4.33. The lowest BCUT2D eigenvalue weighted by molar-refractivity contribution is -0.139. The Hall–Kier alpha value is -1.51. The van der Waals surface area contributed by atoms with E-state index < -0.39 is 5.97 Å². The Morgan fingerprint density at radius 2 is 1.89 bits per heavy atom. The van der Waals surface area contributed by atoms with Gasteiger partial charge >= 0.3 is 5.97 Å². The van der Waals surface area contributed by atoms with Gasteiger partial charge in [-0.3, -0.25) is 19.4 Å². The fraction of sp³-hybridized carbons (Fsp3) is 0.545. The summed E-state index contributed by atoms with van der Waals surface area (Å²) < 4.78 is 0. The highest BCUT2D eigenvalue weighted by molar-refractivity contribution is 7.13. The van der Waals surface area contributed by atoms with E-state index in [0.717, 1.165) is 0 Å². The van der Waals surface area contributed by atoms with Gasteiger partial charge < -0.3 is 10.4 Å². The van der Waals surface area contributed by atoms with Crippen molar-refractivity contribution < 1.29 is 14.7 Å². The summed E-state index contributed by atoms with van der Waals surface area (Å²) in [4.78, 5) is 30.2. The van der Waals surface area contributed by atoms with Crippen molar-refractivity contribution in [2.45, 2.75) is 0 Å². The molecule has 8 heteroatoms. The largest absolute Gasteiger partial charge is 0.480 e. The van der Waals surface area contributed by atoms with Gasteiger partial charge in [-0.25, -0.2) is 4.98 Å². The highest BCUT2D eigenvalue weighted by Gasteiger charge is 2.20. The van der Waals surface area contributed by atoms with Gasteiger partial charge in [-0.05, 0) is 0 Å². The van der Waals surface area contributed by atoms with Crippen molar-refractivity contribution in [2.24, 2.45) is 0 Å². The Morgan fingerprint density at radius 1 is 1.26 bits per heavy atom. The third-order valence-corrected chi connectivity index (χ3v) is 3.56. The minimum atomic E-state index is -0.810. The molecule has 1 aromatic heterocycles. The molecule has 1 amide bonds. The van der Waals surface area contributed by atoms with Gasteiger partial charge in [0.25, 0.3) is 0 Å². The minimum absolute atomic E-state index is 0.0686. The molecule has 7 nitrogen and oxygen atoms in total. The van der Waals surface area contributed by atoms with E-state index >= 15 is 0 Å². The van der Waals surface area contributed by atoms with Crippen molar-refractivity contribution >= 4 is 28.3 Å². The fourth-order valence-corrected chi connectivity index (χ4v) is 2.49. The molecule has 19 heavy (non-hydrogen) atoms. The second kappa shape index (κ2) is 6.60. The van der Waals surface area contributed by atoms with Crippen LogP contribution in [0.4, 0.5) is 5.13 Å². The molecule has 0 aromatic carbocycles. The highest BCUT2D eigenvalue weighted by atomic mass is 32.1. The number of aliphatic carboxylic acids is 1. The predicted molar refractivity (Wildman–Crippen MR) is 71.3 cm³/mol. The molecule has 2 heterocycles. The molecular formula is C11H16N4O3S. The van der Waals surface area contributed by atoms with Crippen molar-refractivity contribution in [1.82, 2.24) is 14.8 Å². The van der Waals surface area contributed by atoms with Gasteiger partial charge in [-0.1, -0.05) is 0 Å². The van der Waals surface area contributed by atoms with E-state index in [1.807, 2.05) is 9.80 Å². The molecule has 104 valence electrons. The predicted octanol–water partition coefficient (Wildman–Crippen LogP) is -0.216. The Labute approximate surface area is 114 Å². The van der Waals surface area contributed by atoms with Gasteiger partial charge in [0.1, 0.15) is 0 Å². The fourth-order valence-electron chi connectivity index (χ4n) is 1.94. The lowest BCUT2D eigenvalue weighted by atomic mass is 10.3. The number of carboxylic acid groups (broad SMARTS) is 1. The summed E-state index contributed by atoms with van der Waals surface area (Å²) in [5.74, 6) is -0.892. The Balaban J connectivity index is 1.70. The van der Waals surface area contributed by atoms with Crippen LogP contribution in [0.5, 0.6) is 0 Å². The van der Waals surface area contributed by atoms with Gasteiger partial charge in [0, 0.05) is 37.8 Å². The zero-order valence-electron chi connectivity index (χ0n) is 10.4. The third-order valence-electron chi connectivity index (χ3n) is 2.87. The Bertz CT molecular complexity index is 429. The summed E-state index contributed by atoms with van der Waals surface area (Å²) in [5, 5.41) is 13.8. The minimum Gasteiger partial charge on any atom is -0.480 e. The van der Waals surface area contributed by atoms with E-state index in [-0.39, 0.29) is 12.5 Å². The summed E-state index contributed by atoms with van der Waals surface area (Å²) >= 11 is 1.39. The van der Waals surface area contributed by atoms with Crippen LogP contribution in [0, 0.1) is 0 Å².